The van der Waals surface area contributed by atoms with Gasteiger partial charge in [-0.05, 0) is 61.4 Å². The van der Waals surface area contributed by atoms with Gasteiger partial charge in [-0.25, -0.2) is 8.42 Å². The van der Waals surface area contributed by atoms with Crippen LogP contribution in [0.4, 0.5) is 5.69 Å². The summed E-state index contributed by atoms with van der Waals surface area (Å²) in [6.45, 7) is 0.839. The van der Waals surface area contributed by atoms with E-state index in [-0.39, 0.29) is 16.8 Å². The Morgan fingerprint density at radius 1 is 1.18 bits per heavy atom. The fraction of sp³-hybridized carbons (Fsp3) is 0.381. The number of hydrogen-bond donors (Lipinski definition) is 2. The Bertz CT molecular complexity index is 986. The highest BCUT2D eigenvalue weighted by molar-refractivity contribution is 7.92. The fourth-order valence-electron chi connectivity index (χ4n) is 3.68. The van der Waals surface area contributed by atoms with E-state index in [1.165, 1.54) is 10.4 Å². The summed E-state index contributed by atoms with van der Waals surface area (Å²) in [6.07, 6.45) is 3.87. The number of benzene rings is 2. The topological polar surface area (TPSA) is 92.5 Å². The van der Waals surface area contributed by atoms with Crippen LogP contribution in [-0.2, 0) is 16.4 Å². The molecule has 4 rings (SSSR count). The first-order valence-corrected chi connectivity index (χ1v) is 11.2. The first kappa shape index (κ1) is 19.0. The van der Waals surface area contributed by atoms with Gasteiger partial charge in [0, 0.05) is 24.7 Å². The minimum Gasteiger partial charge on any atom is -0.350 e. The lowest BCUT2D eigenvalue weighted by molar-refractivity contribution is 0.0950. The Hall–Kier alpha value is -2.38. The van der Waals surface area contributed by atoms with Crippen molar-refractivity contribution in [2.75, 3.05) is 17.4 Å². The van der Waals surface area contributed by atoms with Gasteiger partial charge in [0.15, 0.2) is 0 Å². The second-order valence-corrected chi connectivity index (χ2v) is 9.41. The summed E-state index contributed by atoms with van der Waals surface area (Å²) in [5.74, 6) is 0.193. The quantitative estimate of drug-likeness (QED) is 0.780. The van der Waals surface area contributed by atoms with Crippen LogP contribution in [0.5, 0.6) is 0 Å². The third-order valence-electron chi connectivity index (χ3n) is 5.48. The Labute approximate surface area is 165 Å². The summed E-state index contributed by atoms with van der Waals surface area (Å²) in [7, 11) is -3.74. The van der Waals surface area contributed by atoms with E-state index in [1.54, 1.807) is 18.2 Å². The predicted octanol–water partition coefficient (Wildman–Crippen LogP) is 2.30. The van der Waals surface area contributed by atoms with Gasteiger partial charge in [-0.15, -0.1) is 0 Å². The van der Waals surface area contributed by atoms with Gasteiger partial charge < -0.3 is 11.1 Å². The molecule has 1 unspecified atom stereocenters. The Morgan fingerprint density at radius 3 is 2.75 bits per heavy atom. The molecule has 0 spiro atoms. The molecule has 0 saturated heterocycles. The monoisotopic (exact) mass is 399 g/mol. The molecule has 2 aromatic carbocycles. The number of amides is 1. The Kier molecular flexibility index (Phi) is 5.12. The van der Waals surface area contributed by atoms with Crippen LogP contribution in [0.2, 0.25) is 0 Å². The maximum absolute atomic E-state index is 13.3. The maximum atomic E-state index is 13.3. The molecule has 1 atom stereocenters. The van der Waals surface area contributed by atoms with Gasteiger partial charge in [-0.1, -0.05) is 24.3 Å². The number of fused-ring (bicyclic) bond motifs is 1. The number of carbonyl (C=O) groups excluding carboxylic acids is 1. The van der Waals surface area contributed by atoms with Crippen LogP contribution in [0.1, 0.15) is 35.2 Å². The molecular formula is C21H25N3O3S. The molecule has 148 valence electrons. The van der Waals surface area contributed by atoms with Gasteiger partial charge >= 0.3 is 0 Å². The average Bonchev–Trinajstić information content (AvgIpc) is 3.57. The molecular weight excluding hydrogens is 374 g/mol. The van der Waals surface area contributed by atoms with Crippen molar-refractivity contribution in [2.45, 2.75) is 36.6 Å². The van der Waals surface area contributed by atoms with E-state index < -0.39 is 10.0 Å². The third kappa shape index (κ3) is 3.77. The second kappa shape index (κ2) is 7.56. The average molecular weight is 400 g/mol. The number of para-hydroxylation sites is 1. The maximum Gasteiger partial charge on any atom is 0.264 e. The lowest BCUT2D eigenvalue weighted by Gasteiger charge is -2.30. The van der Waals surface area contributed by atoms with E-state index in [2.05, 4.69) is 5.32 Å². The van der Waals surface area contributed by atoms with E-state index >= 15 is 0 Å². The number of nitrogens with zero attached hydrogens (tertiary/aromatic N) is 1. The van der Waals surface area contributed by atoms with Gasteiger partial charge in [0.25, 0.3) is 15.9 Å². The minimum absolute atomic E-state index is 0.0410. The summed E-state index contributed by atoms with van der Waals surface area (Å²) in [6, 6.07) is 13.8. The van der Waals surface area contributed by atoms with Crippen LogP contribution in [0, 0.1) is 5.92 Å². The first-order valence-electron chi connectivity index (χ1n) is 9.71. The molecule has 2 aliphatic rings. The number of anilines is 1. The van der Waals surface area contributed by atoms with E-state index in [0.29, 0.717) is 24.6 Å². The number of rotatable bonds is 6. The highest BCUT2D eigenvalue weighted by Crippen LogP contribution is 2.32. The summed E-state index contributed by atoms with van der Waals surface area (Å²) >= 11 is 0. The van der Waals surface area contributed by atoms with Gasteiger partial charge in [-0.2, -0.15) is 0 Å². The van der Waals surface area contributed by atoms with Crippen LogP contribution in [0.3, 0.4) is 0 Å². The molecule has 0 radical (unpaired) electrons. The Balaban J connectivity index is 1.56. The molecule has 2 aromatic rings. The highest BCUT2D eigenvalue weighted by atomic mass is 32.2. The molecule has 0 bridgehead atoms. The minimum atomic E-state index is -3.74. The van der Waals surface area contributed by atoms with Crippen molar-refractivity contribution in [3.63, 3.8) is 0 Å². The van der Waals surface area contributed by atoms with E-state index in [0.717, 1.165) is 36.9 Å². The number of carbonyl (C=O) groups is 1. The highest BCUT2D eigenvalue weighted by Gasteiger charge is 2.30. The molecule has 6 nitrogen and oxygen atoms in total. The molecule has 1 aliphatic carbocycles. The van der Waals surface area contributed by atoms with Crippen molar-refractivity contribution < 1.29 is 13.2 Å². The largest absolute Gasteiger partial charge is 0.350 e. The molecule has 1 saturated carbocycles. The summed E-state index contributed by atoms with van der Waals surface area (Å²) < 4.78 is 28.0. The number of sulfonamides is 1. The van der Waals surface area contributed by atoms with Crippen molar-refractivity contribution in [1.29, 1.82) is 0 Å². The molecule has 1 aliphatic heterocycles. The number of hydrogen-bond acceptors (Lipinski definition) is 4. The molecule has 1 fully saturated rings. The first-order chi connectivity index (χ1) is 13.5. The van der Waals surface area contributed by atoms with Crippen molar-refractivity contribution in [1.82, 2.24) is 5.32 Å². The molecule has 0 aromatic heterocycles. The summed E-state index contributed by atoms with van der Waals surface area (Å²) in [5, 5.41) is 2.82. The molecule has 3 N–H and O–H groups in total. The molecule has 28 heavy (non-hydrogen) atoms. The normalized spacial score (nSPS) is 17.7. The zero-order valence-electron chi connectivity index (χ0n) is 15.7. The van der Waals surface area contributed by atoms with Crippen LogP contribution in [0.15, 0.2) is 53.4 Å². The molecule has 1 amide bonds. The van der Waals surface area contributed by atoms with E-state index in [4.69, 9.17) is 5.73 Å². The standard InChI is InChI=1S/C21H25N3O3S/c22-19(15-10-11-15)14-23-21(25)17-6-3-8-18(13-17)28(26,27)24-12-4-7-16-5-1-2-9-20(16)24/h1-3,5-6,8-9,13,15,19H,4,7,10-12,14,22H2,(H,23,25). The zero-order chi connectivity index (χ0) is 19.7. The number of aryl methyl sites for hydroxylation is 1. The van der Waals surface area contributed by atoms with Crippen LogP contribution >= 0.6 is 0 Å². The van der Waals surface area contributed by atoms with E-state index in [1.807, 2.05) is 24.3 Å². The molecule has 7 heteroatoms. The van der Waals surface area contributed by atoms with E-state index in [9.17, 15) is 13.2 Å². The van der Waals surface area contributed by atoms with Crippen LogP contribution < -0.4 is 15.4 Å². The predicted molar refractivity (Wildman–Crippen MR) is 109 cm³/mol. The second-order valence-electron chi connectivity index (χ2n) is 7.55. The third-order valence-corrected chi connectivity index (χ3v) is 7.29. The molecule has 1 heterocycles. The lowest BCUT2D eigenvalue weighted by Crippen LogP contribution is -2.38. The number of nitrogens with two attached hydrogens (primary N) is 1. The Morgan fingerprint density at radius 2 is 1.96 bits per heavy atom. The van der Waals surface area contributed by atoms with Gasteiger partial charge in [0.05, 0.1) is 10.6 Å². The summed E-state index contributed by atoms with van der Waals surface area (Å²) in [5.41, 5.74) is 8.11. The van der Waals surface area contributed by atoms with Crippen molar-refractivity contribution in [2.24, 2.45) is 11.7 Å². The van der Waals surface area contributed by atoms with Crippen LogP contribution in [0.25, 0.3) is 0 Å². The SMILES string of the molecule is NC(CNC(=O)c1cccc(S(=O)(=O)N2CCCc3ccccc32)c1)C1CC1. The van der Waals surface area contributed by atoms with Crippen molar-refractivity contribution in [3.05, 3.63) is 59.7 Å². The summed E-state index contributed by atoms with van der Waals surface area (Å²) in [4.78, 5) is 12.6. The van der Waals surface area contributed by atoms with Gasteiger partial charge in [0.2, 0.25) is 0 Å². The smallest absolute Gasteiger partial charge is 0.264 e. The van der Waals surface area contributed by atoms with Crippen molar-refractivity contribution >= 4 is 21.6 Å². The van der Waals surface area contributed by atoms with Crippen LogP contribution in [-0.4, -0.2) is 33.5 Å². The lowest BCUT2D eigenvalue weighted by atomic mass is 10.0. The van der Waals surface area contributed by atoms with Crippen molar-refractivity contribution in [3.8, 4) is 0 Å². The number of nitrogens with one attached hydrogen (secondary N) is 1. The zero-order valence-corrected chi connectivity index (χ0v) is 16.5. The fourth-order valence-corrected chi connectivity index (χ4v) is 5.26. The van der Waals surface area contributed by atoms with Gasteiger partial charge in [-0.3, -0.25) is 9.10 Å². The van der Waals surface area contributed by atoms with Gasteiger partial charge in [0.1, 0.15) is 0 Å².